The lowest BCUT2D eigenvalue weighted by atomic mass is 9.95. The first-order valence-electron chi connectivity index (χ1n) is 12.1. The van der Waals surface area contributed by atoms with Crippen molar-refractivity contribution in [2.24, 2.45) is 0 Å². The number of nitrogens with zero attached hydrogens (tertiary/aromatic N) is 5. The summed E-state index contributed by atoms with van der Waals surface area (Å²) in [6.45, 7) is 5.15. The molecular formula is C25H30F3N5O. The van der Waals surface area contributed by atoms with E-state index in [9.17, 15) is 18.0 Å². The Kier molecular flexibility index (Phi) is 5.90. The van der Waals surface area contributed by atoms with Crippen molar-refractivity contribution in [2.45, 2.75) is 76.9 Å². The maximum atomic E-state index is 13.6. The molecule has 1 saturated carbocycles. The first-order valence-corrected chi connectivity index (χ1v) is 12.1. The van der Waals surface area contributed by atoms with Crippen LogP contribution < -0.4 is 0 Å². The van der Waals surface area contributed by atoms with Crippen LogP contribution in [-0.4, -0.2) is 43.1 Å². The number of pyridine rings is 1. The summed E-state index contributed by atoms with van der Waals surface area (Å²) in [5, 5.41) is 8.27. The van der Waals surface area contributed by atoms with Crippen molar-refractivity contribution in [3.8, 4) is 0 Å². The van der Waals surface area contributed by atoms with Crippen LogP contribution in [0.2, 0.25) is 0 Å². The number of rotatable bonds is 3. The second-order valence-electron chi connectivity index (χ2n) is 9.74. The van der Waals surface area contributed by atoms with Crippen LogP contribution in [0, 0.1) is 13.8 Å². The number of hydrogen-bond donors (Lipinski definition) is 0. The highest BCUT2D eigenvalue weighted by atomic mass is 19.4. The molecule has 1 saturated heterocycles. The Labute approximate surface area is 196 Å². The summed E-state index contributed by atoms with van der Waals surface area (Å²) in [7, 11) is 0. The fourth-order valence-electron chi connectivity index (χ4n) is 5.79. The third-order valence-electron chi connectivity index (χ3n) is 7.48. The number of piperidine rings is 1. The van der Waals surface area contributed by atoms with Gasteiger partial charge in [-0.25, -0.2) is 0 Å². The maximum Gasteiger partial charge on any atom is 0.417 e. The third-order valence-corrected chi connectivity index (χ3v) is 7.48. The number of aromatic nitrogens is 4. The van der Waals surface area contributed by atoms with E-state index in [-0.39, 0.29) is 11.8 Å². The molecule has 0 radical (unpaired) electrons. The van der Waals surface area contributed by atoms with E-state index in [0.29, 0.717) is 30.6 Å². The minimum absolute atomic E-state index is 0.00957. The van der Waals surface area contributed by atoms with Gasteiger partial charge in [-0.3, -0.25) is 9.20 Å². The van der Waals surface area contributed by atoms with Crippen molar-refractivity contribution >= 4 is 11.6 Å². The minimum Gasteiger partial charge on any atom is -0.345 e. The third kappa shape index (κ3) is 4.09. The van der Waals surface area contributed by atoms with Gasteiger partial charge in [-0.05, 0) is 57.7 Å². The molecule has 0 spiro atoms. The van der Waals surface area contributed by atoms with Gasteiger partial charge in [0, 0.05) is 42.6 Å². The van der Waals surface area contributed by atoms with E-state index in [1.807, 2.05) is 17.9 Å². The lowest BCUT2D eigenvalue weighted by Crippen LogP contribution is -2.39. The van der Waals surface area contributed by atoms with Crippen LogP contribution in [0.3, 0.4) is 0 Å². The number of alkyl halides is 3. The summed E-state index contributed by atoms with van der Waals surface area (Å²) in [5.74, 6) is 0.300. The molecule has 182 valence electrons. The molecule has 4 heterocycles. The van der Waals surface area contributed by atoms with E-state index < -0.39 is 11.7 Å². The van der Waals surface area contributed by atoms with E-state index >= 15 is 0 Å². The smallest absolute Gasteiger partial charge is 0.345 e. The molecule has 1 aliphatic heterocycles. The van der Waals surface area contributed by atoms with Crippen molar-refractivity contribution in [1.29, 1.82) is 0 Å². The van der Waals surface area contributed by atoms with Crippen molar-refractivity contribution in [2.75, 3.05) is 13.1 Å². The monoisotopic (exact) mass is 473 g/mol. The summed E-state index contributed by atoms with van der Waals surface area (Å²) in [4.78, 5) is 15.4. The topological polar surface area (TPSA) is 55.4 Å². The van der Waals surface area contributed by atoms with Gasteiger partial charge >= 0.3 is 6.18 Å². The first kappa shape index (κ1) is 22.9. The highest BCUT2D eigenvalue weighted by Crippen LogP contribution is 2.34. The zero-order valence-electron chi connectivity index (χ0n) is 19.6. The molecule has 1 aliphatic carbocycles. The van der Waals surface area contributed by atoms with Crippen molar-refractivity contribution in [1.82, 2.24) is 24.1 Å². The largest absolute Gasteiger partial charge is 0.417 e. The predicted molar refractivity (Wildman–Crippen MR) is 122 cm³/mol. The number of likely N-dealkylation sites (tertiary alicyclic amines) is 1. The summed E-state index contributed by atoms with van der Waals surface area (Å²) in [6, 6.07) is 4.81. The zero-order valence-corrected chi connectivity index (χ0v) is 19.6. The van der Waals surface area contributed by atoms with Crippen LogP contribution in [0.4, 0.5) is 13.2 Å². The van der Waals surface area contributed by atoms with E-state index in [1.54, 1.807) is 0 Å². The number of carbonyl (C=O) groups excluding carboxylic acids is 1. The van der Waals surface area contributed by atoms with Gasteiger partial charge in [0.15, 0.2) is 5.65 Å². The molecule has 0 N–H and O–H groups in total. The number of aryl methyl sites for hydroxylation is 1. The van der Waals surface area contributed by atoms with Crippen LogP contribution in [0.1, 0.15) is 90.0 Å². The number of amides is 1. The lowest BCUT2D eigenvalue weighted by molar-refractivity contribution is -0.137. The Morgan fingerprint density at radius 2 is 1.79 bits per heavy atom. The van der Waals surface area contributed by atoms with Crippen LogP contribution in [0.5, 0.6) is 0 Å². The Hall–Kier alpha value is -2.84. The van der Waals surface area contributed by atoms with Crippen LogP contribution >= 0.6 is 0 Å². The average Bonchev–Trinajstić information content (AvgIpc) is 3.38. The number of fused-ring (bicyclic) bond motifs is 1. The van der Waals surface area contributed by atoms with Crippen molar-refractivity contribution in [3.63, 3.8) is 0 Å². The fourth-order valence-corrected chi connectivity index (χ4v) is 5.79. The summed E-state index contributed by atoms with van der Waals surface area (Å²) in [5.41, 5.74) is 2.50. The molecule has 1 atom stereocenters. The average molecular weight is 474 g/mol. The van der Waals surface area contributed by atoms with Gasteiger partial charge in [0.25, 0.3) is 5.91 Å². The van der Waals surface area contributed by atoms with Gasteiger partial charge < -0.3 is 9.47 Å². The first-order chi connectivity index (χ1) is 16.2. The van der Waals surface area contributed by atoms with Crippen LogP contribution in [-0.2, 0) is 6.18 Å². The Balaban J connectivity index is 1.40. The van der Waals surface area contributed by atoms with Gasteiger partial charge in [0.05, 0.1) is 11.1 Å². The highest BCUT2D eigenvalue weighted by Gasteiger charge is 2.33. The quantitative estimate of drug-likeness (QED) is 0.491. The van der Waals surface area contributed by atoms with Crippen LogP contribution in [0.15, 0.2) is 24.4 Å². The Morgan fingerprint density at radius 3 is 2.53 bits per heavy atom. The molecule has 2 aliphatic rings. The van der Waals surface area contributed by atoms with Crippen molar-refractivity contribution in [3.05, 3.63) is 52.7 Å². The lowest BCUT2D eigenvalue weighted by Gasteiger charge is -2.32. The molecule has 0 bridgehead atoms. The van der Waals surface area contributed by atoms with Crippen molar-refractivity contribution < 1.29 is 18.0 Å². The second kappa shape index (κ2) is 8.74. The standard InChI is InChI=1S/C25H30F3N5O/c1-16-13-21(17(2)33(16)20-8-4-3-5-9-20)24(34)31-12-6-7-18(14-31)23-30-29-22-11-10-19(15-32(22)23)25(26,27)28/h10-11,13,15,18,20H,3-9,12,14H2,1-2H3. The number of halogens is 3. The Bertz CT molecular complexity index is 1210. The van der Waals surface area contributed by atoms with Gasteiger partial charge in [-0.1, -0.05) is 19.3 Å². The fraction of sp³-hybridized carbons (Fsp3) is 0.560. The molecule has 5 rings (SSSR count). The SMILES string of the molecule is Cc1cc(C(=O)N2CCCC(c3nnc4ccc(C(F)(F)F)cn34)C2)c(C)n1C1CCCCC1. The summed E-state index contributed by atoms with van der Waals surface area (Å²) < 4.78 is 43.5. The summed E-state index contributed by atoms with van der Waals surface area (Å²) >= 11 is 0. The molecule has 6 nitrogen and oxygen atoms in total. The second-order valence-corrected chi connectivity index (χ2v) is 9.74. The molecule has 2 fully saturated rings. The van der Waals surface area contributed by atoms with E-state index in [1.165, 1.54) is 29.7 Å². The zero-order chi connectivity index (χ0) is 24.0. The van der Waals surface area contributed by atoms with E-state index in [4.69, 9.17) is 0 Å². The minimum atomic E-state index is -4.44. The predicted octanol–water partition coefficient (Wildman–Crippen LogP) is 5.69. The summed E-state index contributed by atoms with van der Waals surface area (Å²) in [6.07, 6.45) is 4.16. The van der Waals surface area contributed by atoms with Gasteiger partial charge in [0.1, 0.15) is 5.82 Å². The number of carbonyl (C=O) groups is 1. The molecule has 1 amide bonds. The Morgan fingerprint density at radius 1 is 1.03 bits per heavy atom. The molecule has 3 aromatic rings. The molecule has 9 heteroatoms. The molecule has 0 aromatic carbocycles. The van der Waals surface area contributed by atoms with E-state index in [0.717, 1.165) is 54.9 Å². The highest BCUT2D eigenvalue weighted by molar-refractivity contribution is 5.95. The van der Waals surface area contributed by atoms with Gasteiger partial charge in [-0.15, -0.1) is 10.2 Å². The van der Waals surface area contributed by atoms with Gasteiger partial charge in [0.2, 0.25) is 0 Å². The van der Waals surface area contributed by atoms with Crippen LogP contribution in [0.25, 0.3) is 5.65 Å². The maximum absolute atomic E-state index is 13.6. The molecular weight excluding hydrogens is 443 g/mol. The number of hydrogen-bond acceptors (Lipinski definition) is 3. The molecule has 3 aromatic heterocycles. The molecule has 34 heavy (non-hydrogen) atoms. The van der Waals surface area contributed by atoms with E-state index in [2.05, 4.69) is 21.7 Å². The molecule has 1 unspecified atom stereocenters. The van der Waals surface area contributed by atoms with Gasteiger partial charge in [-0.2, -0.15) is 13.2 Å². The normalized spacial score (nSPS) is 20.3.